The average molecular weight is 220 g/mol. The molecular weight excluding hydrogens is 208 g/mol. The van der Waals surface area contributed by atoms with E-state index in [9.17, 15) is 9.59 Å². The second-order valence-corrected chi connectivity index (χ2v) is 5.43. The third-order valence-corrected chi connectivity index (χ3v) is 4.70. The topological polar surface area (TPSA) is 52.6 Å². The van der Waals surface area contributed by atoms with Crippen LogP contribution in [0.2, 0.25) is 0 Å². The van der Waals surface area contributed by atoms with Gasteiger partial charge < -0.3 is 9.47 Å². The summed E-state index contributed by atoms with van der Waals surface area (Å²) in [7, 11) is 0. The minimum Gasteiger partial charge on any atom is -0.469 e. The maximum absolute atomic E-state index is 12.2. The number of ether oxygens (including phenoxy) is 2. The zero-order chi connectivity index (χ0) is 11.0. The van der Waals surface area contributed by atoms with E-state index in [0.717, 1.165) is 6.42 Å². The van der Waals surface area contributed by atoms with Crippen LogP contribution in [0.1, 0.15) is 25.7 Å². The molecule has 0 aromatic rings. The Morgan fingerprint density at radius 2 is 2.25 bits per heavy atom. The van der Waals surface area contributed by atoms with Crippen LogP contribution < -0.4 is 0 Å². The van der Waals surface area contributed by atoms with Crippen molar-refractivity contribution in [3.8, 4) is 0 Å². The fourth-order valence-electron chi connectivity index (χ4n) is 4.01. The highest BCUT2D eigenvalue weighted by molar-refractivity contribution is 6.03. The summed E-state index contributed by atoms with van der Waals surface area (Å²) in [6.07, 6.45) is 3.95. The first-order chi connectivity index (χ1) is 7.65. The van der Waals surface area contributed by atoms with E-state index in [1.54, 1.807) is 6.08 Å². The third-order valence-electron chi connectivity index (χ3n) is 4.70. The fourth-order valence-corrected chi connectivity index (χ4v) is 4.01. The van der Waals surface area contributed by atoms with Gasteiger partial charge in [-0.1, -0.05) is 0 Å². The molecule has 1 aliphatic heterocycles. The molecule has 0 radical (unpaired) electrons. The molecule has 2 saturated carbocycles. The van der Waals surface area contributed by atoms with Gasteiger partial charge in [0.15, 0.2) is 12.6 Å². The normalized spacial score (nSPS) is 48.8. The molecule has 16 heavy (non-hydrogen) atoms. The second kappa shape index (κ2) is 2.40. The summed E-state index contributed by atoms with van der Waals surface area (Å²) in [4.78, 5) is 23.7. The number of carbonyl (C=O) groups is 2. The molecule has 1 saturated heterocycles. The van der Waals surface area contributed by atoms with Gasteiger partial charge in [-0.15, -0.1) is 0 Å². The molecule has 0 amide bonds. The molecule has 84 valence electrons. The van der Waals surface area contributed by atoms with Gasteiger partial charge in [0.05, 0.1) is 0 Å². The minimum absolute atomic E-state index is 0.0805. The van der Waals surface area contributed by atoms with E-state index in [1.165, 1.54) is 0 Å². The number of carbonyl (C=O) groups excluding carboxylic acids is 2. The van der Waals surface area contributed by atoms with E-state index in [2.05, 4.69) is 0 Å². The molecule has 1 heterocycles. The van der Waals surface area contributed by atoms with E-state index in [0.29, 0.717) is 25.0 Å². The van der Waals surface area contributed by atoms with Crippen LogP contribution in [-0.4, -0.2) is 24.0 Å². The summed E-state index contributed by atoms with van der Waals surface area (Å²) in [6, 6.07) is 0. The van der Waals surface area contributed by atoms with E-state index in [4.69, 9.17) is 9.47 Å². The van der Waals surface area contributed by atoms with Gasteiger partial charge in [-0.3, -0.25) is 9.59 Å². The molecule has 0 aromatic carbocycles. The van der Waals surface area contributed by atoms with Crippen molar-refractivity contribution in [1.29, 1.82) is 0 Å². The summed E-state index contributed by atoms with van der Waals surface area (Å²) >= 11 is 0. The molecule has 2 bridgehead atoms. The van der Waals surface area contributed by atoms with Crippen molar-refractivity contribution >= 4 is 11.6 Å². The Bertz CT molecular complexity index is 452. The monoisotopic (exact) mass is 220 g/mol. The first-order valence-corrected chi connectivity index (χ1v) is 5.70. The number of hydrogen-bond donors (Lipinski definition) is 0. The summed E-state index contributed by atoms with van der Waals surface area (Å²) in [5, 5.41) is 0. The van der Waals surface area contributed by atoms with Crippen molar-refractivity contribution in [3.63, 3.8) is 0 Å². The van der Waals surface area contributed by atoms with Gasteiger partial charge in [-0.05, 0) is 18.8 Å². The molecule has 3 aliphatic carbocycles. The molecule has 2 spiro atoms. The molecular formula is C12H12O4. The number of rotatable bonds is 0. The van der Waals surface area contributed by atoms with Crippen LogP contribution in [0.5, 0.6) is 0 Å². The Morgan fingerprint density at radius 1 is 1.38 bits per heavy atom. The van der Waals surface area contributed by atoms with E-state index in [1.807, 2.05) is 0 Å². The molecule has 3 atom stereocenters. The Labute approximate surface area is 92.6 Å². The van der Waals surface area contributed by atoms with Crippen LogP contribution in [-0.2, 0) is 19.1 Å². The van der Waals surface area contributed by atoms with Gasteiger partial charge >= 0.3 is 0 Å². The molecule has 4 nitrogen and oxygen atoms in total. The maximum Gasteiger partial charge on any atom is 0.189 e. The van der Waals surface area contributed by atoms with Crippen LogP contribution in [0.15, 0.2) is 11.8 Å². The predicted molar refractivity (Wildman–Crippen MR) is 52.3 cm³/mol. The highest BCUT2D eigenvalue weighted by Crippen LogP contribution is 2.63. The van der Waals surface area contributed by atoms with Crippen LogP contribution in [0.3, 0.4) is 0 Å². The third kappa shape index (κ3) is 0.786. The molecule has 4 rings (SSSR count). The van der Waals surface area contributed by atoms with Gasteiger partial charge in [0.2, 0.25) is 0 Å². The lowest BCUT2D eigenvalue weighted by Gasteiger charge is -2.31. The standard InChI is InChI=1S/C12H12O4/c13-8-1-7-3-12-5-11(7,4-8)9(14)2-10(12)15-6-16-12/h2,7H,1,3-6H2/t7-,11-,12+/m0/s1. The molecule has 0 unspecified atom stereocenters. The number of Topliss-reactive ketones (excluding diaryl/α,β-unsaturated/α-hetero) is 1. The van der Waals surface area contributed by atoms with Gasteiger partial charge in [-0.25, -0.2) is 0 Å². The summed E-state index contributed by atoms with van der Waals surface area (Å²) in [6.45, 7) is 0.246. The van der Waals surface area contributed by atoms with E-state index in [-0.39, 0.29) is 29.9 Å². The van der Waals surface area contributed by atoms with Crippen LogP contribution in [0, 0.1) is 11.3 Å². The zero-order valence-corrected chi connectivity index (χ0v) is 8.82. The molecule has 4 heteroatoms. The minimum atomic E-state index is -0.450. The average Bonchev–Trinajstić information content (AvgIpc) is 2.79. The van der Waals surface area contributed by atoms with Crippen LogP contribution >= 0.6 is 0 Å². The van der Waals surface area contributed by atoms with E-state index < -0.39 is 5.41 Å². The zero-order valence-electron chi connectivity index (χ0n) is 8.82. The lowest BCUT2D eigenvalue weighted by atomic mass is 9.73. The number of hydrogen-bond acceptors (Lipinski definition) is 4. The Hall–Kier alpha value is -1.16. The predicted octanol–water partition coefficient (Wildman–Crippen LogP) is 0.955. The van der Waals surface area contributed by atoms with E-state index >= 15 is 0 Å². The second-order valence-electron chi connectivity index (χ2n) is 5.43. The van der Waals surface area contributed by atoms with Gasteiger partial charge in [-0.2, -0.15) is 0 Å². The molecule has 0 N–H and O–H groups in total. The first-order valence-electron chi connectivity index (χ1n) is 5.70. The van der Waals surface area contributed by atoms with Crippen molar-refractivity contribution in [3.05, 3.63) is 11.8 Å². The van der Waals surface area contributed by atoms with Crippen LogP contribution in [0.4, 0.5) is 0 Å². The highest BCUT2D eigenvalue weighted by Gasteiger charge is 2.67. The Balaban J connectivity index is 1.89. The van der Waals surface area contributed by atoms with Crippen molar-refractivity contribution in [2.24, 2.45) is 11.3 Å². The lowest BCUT2D eigenvalue weighted by molar-refractivity contribution is -0.129. The fraction of sp³-hybridized carbons (Fsp3) is 0.667. The van der Waals surface area contributed by atoms with Crippen molar-refractivity contribution in [2.75, 3.05) is 6.79 Å². The smallest absolute Gasteiger partial charge is 0.189 e. The molecule has 3 fully saturated rings. The largest absolute Gasteiger partial charge is 0.469 e. The quantitative estimate of drug-likeness (QED) is 0.610. The molecule has 4 aliphatic rings. The summed E-state index contributed by atoms with van der Waals surface area (Å²) < 4.78 is 11.1. The Kier molecular flexibility index (Phi) is 1.34. The van der Waals surface area contributed by atoms with Crippen molar-refractivity contribution in [1.82, 2.24) is 0 Å². The van der Waals surface area contributed by atoms with Gasteiger partial charge in [0, 0.05) is 24.3 Å². The number of allylic oxidation sites excluding steroid dienone is 1. The SMILES string of the molecule is O=C1C[C@H]2C[C@@]34C[C@]2(C1)C(=O)C=C3OCO4. The number of ketones is 2. The lowest BCUT2D eigenvalue weighted by Crippen LogP contribution is -2.38. The highest BCUT2D eigenvalue weighted by atomic mass is 16.7. The maximum atomic E-state index is 12.2. The van der Waals surface area contributed by atoms with Gasteiger partial charge in [0.25, 0.3) is 0 Å². The molecule has 0 aromatic heterocycles. The first kappa shape index (κ1) is 8.93. The van der Waals surface area contributed by atoms with Crippen LogP contribution in [0.25, 0.3) is 0 Å². The van der Waals surface area contributed by atoms with Crippen molar-refractivity contribution in [2.45, 2.75) is 31.3 Å². The summed E-state index contributed by atoms with van der Waals surface area (Å²) in [5.41, 5.74) is -0.826. The van der Waals surface area contributed by atoms with Crippen molar-refractivity contribution < 1.29 is 19.1 Å². The van der Waals surface area contributed by atoms with Gasteiger partial charge in [0.1, 0.15) is 17.1 Å². The Morgan fingerprint density at radius 3 is 3.12 bits per heavy atom. The summed E-state index contributed by atoms with van der Waals surface area (Å²) in [5.74, 6) is 1.17.